The molecule has 6 nitrogen and oxygen atoms in total. The van der Waals surface area contributed by atoms with Crippen LogP contribution in [0.4, 0.5) is 0 Å². The second-order valence-electron chi connectivity index (χ2n) is 7.01. The molecule has 0 aromatic heterocycles. The summed E-state index contributed by atoms with van der Waals surface area (Å²) in [5.41, 5.74) is 3.12. The van der Waals surface area contributed by atoms with Gasteiger partial charge < -0.3 is 10.6 Å². The molecule has 0 bridgehead atoms. The highest BCUT2D eigenvalue weighted by Gasteiger charge is 2.28. The highest BCUT2D eigenvalue weighted by Crippen LogP contribution is 2.19. The number of nitrogens with one attached hydrogen (secondary N) is 2. The second-order valence-corrected chi connectivity index (χ2v) is 9.24. The van der Waals surface area contributed by atoms with Gasteiger partial charge in [-0.25, -0.2) is 8.42 Å². The Bertz CT molecular complexity index is 925. The molecule has 1 saturated heterocycles. The monoisotopic (exact) mass is 400 g/mol. The summed E-state index contributed by atoms with van der Waals surface area (Å²) < 4.78 is 22.8. The lowest BCUT2D eigenvalue weighted by Crippen LogP contribution is -2.37. The van der Waals surface area contributed by atoms with Crippen LogP contribution in [-0.4, -0.2) is 44.3 Å². The first-order valence-electron chi connectivity index (χ1n) is 9.32. The molecule has 0 radical (unpaired) electrons. The van der Waals surface area contributed by atoms with Crippen molar-refractivity contribution in [1.29, 1.82) is 0 Å². The van der Waals surface area contributed by atoms with Crippen LogP contribution in [0.1, 0.15) is 18.4 Å². The van der Waals surface area contributed by atoms with E-state index in [2.05, 4.69) is 10.6 Å². The molecule has 0 unspecified atom stereocenters. The molecular formula is C21H24N2O4S. The van der Waals surface area contributed by atoms with E-state index in [9.17, 15) is 18.0 Å². The molecule has 148 valence electrons. The number of carbonyl (C=O) groups excluding carboxylic acids is 2. The van der Waals surface area contributed by atoms with Gasteiger partial charge in [0.1, 0.15) is 0 Å². The summed E-state index contributed by atoms with van der Waals surface area (Å²) >= 11 is 0. The molecule has 0 spiro atoms. The van der Waals surface area contributed by atoms with Gasteiger partial charge in [-0.05, 0) is 23.1 Å². The lowest BCUT2D eigenvalue weighted by atomic mass is 10.0. The van der Waals surface area contributed by atoms with Crippen molar-refractivity contribution in [1.82, 2.24) is 10.6 Å². The Morgan fingerprint density at radius 3 is 2.25 bits per heavy atom. The van der Waals surface area contributed by atoms with E-state index in [-0.39, 0.29) is 48.7 Å². The van der Waals surface area contributed by atoms with Crippen molar-refractivity contribution < 1.29 is 18.0 Å². The first-order chi connectivity index (χ1) is 13.4. The summed E-state index contributed by atoms with van der Waals surface area (Å²) in [6.07, 6.45) is 0.839. The molecule has 0 aliphatic carbocycles. The molecule has 3 rings (SSSR count). The molecule has 1 heterocycles. The maximum atomic E-state index is 12.1. The molecule has 28 heavy (non-hydrogen) atoms. The Kier molecular flexibility index (Phi) is 6.46. The quantitative estimate of drug-likeness (QED) is 0.740. The van der Waals surface area contributed by atoms with E-state index in [0.717, 1.165) is 16.7 Å². The number of hydrogen-bond acceptors (Lipinski definition) is 4. The second kappa shape index (κ2) is 9.01. The van der Waals surface area contributed by atoms with E-state index >= 15 is 0 Å². The topological polar surface area (TPSA) is 92.3 Å². The minimum absolute atomic E-state index is 0.00404. The zero-order chi connectivity index (χ0) is 20.0. The number of benzene rings is 2. The predicted molar refractivity (Wildman–Crippen MR) is 108 cm³/mol. The van der Waals surface area contributed by atoms with Crippen LogP contribution in [0.5, 0.6) is 0 Å². The van der Waals surface area contributed by atoms with Crippen LogP contribution in [0, 0.1) is 0 Å². The summed E-state index contributed by atoms with van der Waals surface area (Å²) in [5.74, 6) is -0.264. The first kappa shape index (κ1) is 20.1. The predicted octanol–water partition coefficient (Wildman–Crippen LogP) is 1.71. The van der Waals surface area contributed by atoms with Gasteiger partial charge in [0.2, 0.25) is 11.8 Å². The summed E-state index contributed by atoms with van der Waals surface area (Å²) in [5, 5.41) is 5.44. The van der Waals surface area contributed by atoms with E-state index < -0.39 is 9.84 Å². The van der Waals surface area contributed by atoms with Crippen LogP contribution in [-0.2, 0) is 25.8 Å². The molecule has 1 atom stereocenters. The Balaban J connectivity index is 1.39. The van der Waals surface area contributed by atoms with Gasteiger partial charge in [-0.15, -0.1) is 0 Å². The maximum Gasteiger partial charge on any atom is 0.224 e. The number of rotatable bonds is 7. The lowest BCUT2D eigenvalue weighted by Gasteiger charge is -2.11. The van der Waals surface area contributed by atoms with Crippen molar-refractivity contribution in [2.45, 2.75) is 25.3 Å². The molecule has 0 saturated carbocycles. The van der Waals surface area contributed by atoms with Gasteiger partial charge in [0.05, 0.1) is 17.9 Å². The highest BCUT2D eigenvalue weighted by atomic mass is 32.2. The van der Waals surface area contributed by atoms with Crippen LogP contribution in [0.3, 0.4) is 0 Å². The Morgan fingerprint density at radius 1 is 0.929 bits per heavy atom. The molecule has 2 aromatic carbocycles. The molecule has 2 amide bonds. The summed E-state index contributed by atoms with van der Waals surface area (Å²) in [4.78, 5) is 23.9. The van der Waals surface area contributed by atoms with E-state index in [1.54, 1.807) is 0 Å². The molecule has 1 fully saturated rings. The van der Waals surface area contributed by atoms with Crippen molar-refractivity contribution in [3.63, 3.8) is 0 Å². The average molecular weight is 401 g/mol. The number of hydrogen-bond donors (Lipinski definition) is 2. The van der Waals surface area contributed by atoms with Gasteiger partial charge >= 0.3 is 0 Å². The third-order valence-electron chi connectivity index (χ3n) is 4.70. The normalized spacial score (nSPS) is 17.8. The van der Waals surface area contributed by atoms with Gasteiger partial charge in [0.15, 0.2) is 9.84 Å². The summed E-state index contributed by atoms with van der Waals surface area (Å²) in [7, 11) is -3.02. The zero-order valence-electron chi connectivity index (χ0n) is 15.6. The average Bonchev–Trinajstić information content (AvgIpc) is 3.01. The molecule has 2 N–H and O–H groups in total. The Morgan fingerprint density at radius 2 is 1.61 bits per heavy atom. The Hall–Kier alpha value is -2.67. The standard InChI is InChI=1S/C21H24N2O4S/c24-20(23-19-11-13-28(26,27)15-19)10-12-22-21(25)14-16-6-8-18(9-7-16)17-4-2-1-3-5-17/h1-9,19H,10-15H2,(H,22,25)(H,23,24)/t19-/m0/s1. The molecule has 1 aliphatic rings. The summed E-state index contributed by atoms with van der Waals surface area (Å²) in [6, 6.07) is 17.5. The number of carbonyl (C=O) groups is 2. The van der Waals surface area contributed by atoms with Crippen molar-refractivity contribution >= 4 is 21.7 Å². The number of sulfone groups is 1. The van der Waals surface area contributed by atoms with Crippen LogP contribution < -0.4 is 10.6 Å². The van der Waals surface area contributed by atoms with Crippen LogP contribution in [0.25, 0.3) is 11.1 Å². The largest absolute Gasteiger partial charge is 0.355 e. The highest BCUT2D eigenvalue weighted by molar-refractivity contribution is 7.91. The molecule has 2 aromatic rings. The van der Waals surface area contributed by atoms with Crippen LogP contribution in [0.15, 0.2) is 54.6 Å². The van der Waals surface area contributed by atoms with Crippen LogP contribution in [0.2, 0.25) is 0 Å². The summed E-state index contributed by atoms with van der Waals surface area (Å²) in [6.45, 7) is 0.228. The van der Waals surface area contributed by atoms with Gasteiger partial charge in [0.25, 0.3) is 0 Å². The fourth-order valence-corrected chi connectivity index (χ4v) is 4.89. The zero-order valence-corrected chi connectivity index (χ0v) is 16.4. The third-order valence-corrected chi connectivity index (χ3v) is 6.47. The van der Waals surface area contributed by atoms with Crippen molar-refractivity contribution in [3.8, 4) is 11.1 Å². The molecule has 7 heteroatoms. The van der Waals surface area contributed by atoms with Crippen molar-refractivity contribution in [2.75, 3.05) is 18.1 Å². The number of amides is 2. The maximum absolute atomic E-state index is 12.1. The minimum atomic E-state index is -3.02. The fraction of sp³-hybridized carbons (Fsp3) is 0.333. The molecule has 1 aliphatic heterocycles. The lowest BCUT2D eigenvalue weighted by molar-refractivity contribution is -0.122. The first-order valence-corrected chi connectivity index (χ1v) is 11.1. The van der Waals surface area contributed by atoms with Crippen molar-refractivity contribution in [3.05, 3.63) is 60.2 Å². The fourth-order valence-electron chi connectivity index (χ4n) is 3.22. The van der Waals surface area contributed by atoms with Gasteiger partial charge in [-0.2, -0.15) is 0 Å². The minimum Gasteiger partial charge on any atom is -0.355 e. The Labute approximate surface area is 165 Å². The van der Waals surface area contributed by atoms with E-state index in [0.29, 0.717) is 6.42 Å². The molecular weight excluding hydrogens is 376 g/mol. The SMILES string of the molecule is O=C(Cc1ccc(-c2ccccc2)cc1)NCCC(=O)N[C@H]1CCS(=O)(=O)C1. The van der Waals surface area contributed by atoms with Gasteiger partial charge in [-0.1, -0.05) is 54.6 Å². The van der Waals surface area contributed by atoms with Gasteiger partial charge in [-0.3, -0.25) is 9.59 Å². The van der Waals surface area contributed by atoms with E-state index in [1.807, 2.05) is 54.6 Å². The van der Waals surface area contributed by atoms with Crippen molar-refractivity contribution in [2.24, 2.45) is 0 Å². The van der Waals surface area contributed by atoms with Gasteiger partial charge in [0, 0.05) is 19.0 Å². The third kappa shape index (κ3) is 5.92. The van der Waals surface area contributed by atoms with Crippen LogP contribution >= 0.6 is 0 Å². The smallest absolute Gasteiger partial charge is 0.224 e. The van der Waals surface area contributed by atoms with E-state index in [1.165, 1.54) is 0 Å². The van der Waals surface area contributed by atoms with E-state index in [4.69, 9.17) is 0 Å².